The normalized spacial score (nSPS) is 15.6. The van der Waals surface area contributed by atoms with E-state index in [1.165, 1.54) is 25.7 Å². The summed E-state index contributed by atoms with van der Waals surface area (Å²) in [5.74, 6) is 1.05. The van der Waals surface area contributed by atoms with Crippen molar-refractivity contribution in [3.8, 4) is 0 Å². The van der Waals surface area contributed by atoms with E-state index in [0.29, 0.717) is 0 Å². The Hall–Kier alpha value is -0.260. The summed E-state index contributed by atoms with van der Waals surface area (Å²) in [6, 6.07) is 0. The van der Waals surface area contributed by atoms with Gasteiger partial charge in [0.25, 0.3) is 0 Å². The van der Waals surface area contributed by atoms with Crippen molar-refractivity contribution in [2.75, 3.05) is 0 Å². The topological polar surface area (TPSA) is 0 Å². The Kier molecular flexibility index (Phi) is 15.1. The van der Waals surface area contributed by atoms with Gasteiger partial charge in [-0.3, -0.25) is 0 Å². The molecule has 68 valence electrons. The minimum Gasteiger partial charge on any atom is -0.103 e. The molecule has 1 aliphatic carbocycles. The zero-order chi connectivity index (χ0) is 9.11. The van der Waals surface area contributed by atoms with E-state index in [4.69, 9.17) is 0 Å². The molecule has 0 N–H and O–H groups in total. The molecule has 1 saturated carbocycles. The van der Waals surface area contributed by atoms with Crippen molar-refractivity contribution >= 4 is 0 Å². The Morgan fingerprint density at radius 3 is 1.55 bits per heavy atom. The smallest absolute Gasteiger partial charge is 0.0443 e. The number of allylic oxidation sites excluding steroid dienone is 1. The second kappa shape index (κ2) is 12.4. The van der Waals surface area contributed by atoms with E-state index < -0.39 is 0 Å². The van der Waals surface area contributed by atoms with Gasteiger partial charge in [-0.1, -0.05) is 52.5 Å². The third-order valence-electron chi connectivity index (χ3n) is 1.64. The SMILES string of the molecule is C=CC.CC.CC1CCCC1. The van der Waals surface area contributed by atoms with Crippen molar-refractivity contribution in [3.63, 3.8) is 0 Å². The van der Waals surface area contributed by atoms with Crippen LogP contribution >= 0.6 is 0 Å². The maximum atomic E-state index is 3.36. The Morgan fingerprint density at radius 2 is 1.45 bits per heavy atom. The minimum absolute atomic E-state index is 1.05. The molecular weight excluding hydrogens is 132 g/mol. The molecule has 0 heteroatoms. The van der Waals surface area contributed by atoms with Crippen LogP contribution in [0.25, 0.3) is 0 Å². The number of hydrogen-bond donors (Lipinski definition) is 0. The van der Waals surface area contributed by atoms with E-state index in [1.807, 2.05) is 20.8 Å². The monoisotopic (exact) mass is 156 g/mol. The van der Waals surface area contributed by atoms with Gasteiger partial charge in [0, 0.05) is 0 Å². The molecule has 0 amide bonds. The van der Waals surface area contributed by atoms with Gasteiger partial charge in [-0.25, -0.2) is 0 Å². The number of hydrogen-bond acceptors (Lipinski definition) is 0. The summed E-state index contributed by atoms with van der Waals surface area (Å²) < 4.78 is 0. The van der Waals surface area contributed by atoms with E-state index in [2.05, 4.69) is 13.5 Å². The van der Waals surface area contributed by atoms with E-state index >= 15 is 0 Å². The fraction of sp³-hybridized carbons (Fsp3) is 0.818. The summed E-state index contributed by atoms with van der Waals surface area (Å²) in [6.45, 7) is 11.6. The van der Waals surface area contributed by atoms with Gasteiger partial charge in [-0.15, -0.1) is 6.58 Å². The third-order valence-corrected chi connectivity index (χ3v) is 1.64. The van der Waals surface area contributed by atoms with Gasteiger partial charge in [0.1, 0.15) is 0 Å². The molecule has 0 spiro atoms. The summed E-state index contributed by atoms with van der Waals surface area (Å²) in [7, 11) is 0. The highest BCUT2D eigenvalue weighted by atomic mass is 14.1. The predicted octanol–water partition coefficient (Wildman–Crippen LogP) is 4.42. The minimum atomic E-state index is 1.05. The zero-order valence-corrected chi connectivity index (χ0v) is 8.69. The van der Waals surface area contributed by atoms with E-state index in [9.17, 15) is 0 Å². The summed E-state index contributed by atoms with van der Waals surface area (Å²) in [4.78, 5) is 0. The van der Waals surface area contributed by atoms with Gasteiger partial charge in [0.2, 0.25) is 0 Å². The molecule has 11 heavy (non-hydrogen) atoms. The second-order valence-electron chi connectivity index (χ2n) is 2.80. The van der Waals surface area contributed by atoms with Crippen LogP contribution in [0.3, 0.4) is 0 Å². The van der Waals surface area contributed by atoms with Gasteiger partial charge in [0.05, 0.1) is 0 Å². The van der Waals surface area contributed by atoms with Crippen LogP contribution in [0.5, 0.6) is 0 Å². The summed E-state index contributed by atoms with van der Waals surface area (Å²) >= 11 is 0. The molecule has 0 saturated heterocycles. The van der Waals surface area contributed by atoms with Gasteiger partial charge < -0.3 is 0 Å². The van der Waals surface area contributed by atoms with Crippen molar-refractivity contribution in [1.82, 2.24) is 0 Å². The van der Waals surface area contributed by atoms with Crippen molar-refractivity contribution in [2.45, 2.75) is 53.4 Å². The molecule has 0 aromatic rings. The lowest BCUT2D eigenvalue weighted by atomic mass is 10.2. The first kappa shape index (κ1) is 13.3. The lowest BCUT2D eigenvalue weighted by Gasteiger charge is -1.91. The van der Waals surface area contributed by atoms with Crippen LogP contribution in [0.4, 0.5) is 0 Å². The molecule has 0 heterocycles. The first-order valence-electron chi connectivity index (χ1n) is 4.88. The Balaban J connectivity index is 0. The van der Waals surface area contributed by atoms with Crippen LogP contribution in [0.1, 0.15) is 53.4 Å². The molecule has 0 aromatic carbocycles. The van der Waals surface area contributed by atoms with Gasteiger partial charge >= 0.3 is 0 Å². The van der Waals surface area contributed by atoms with Crippen LogP contribution in [-0.4, -0.2) is 0 Å². The summed E-state index contributed by atoms with van der Waals surface area (Å²) in [6.07, 6.45) is 7.70. The summed E-state index contributed by atoms with van der Waals surface area (Å²) in [5.41, 5.74) is 0. The van der Waals surface area contributed by atoms with Crippen molar-refractivity contribution in [2.24, 2.45) is 5.92 Å². The van der Waals surface area contributed by atoms with Crippen LogP contribution in [-0.2, 0) is 0 Å². The Morgan fingerprint density at radius 1 is 1.18 bits per heavy atom. The van der Waals surface area contributed by atoms with E-state index in [0.717, 1.165) is 5.92 Å². The lowest BCUT2D eigenvalue weighted by Crippen LogP contribution is -1.78. The molecule has 0 aliphatic heterocycles. The van der Waals surface area contributed by atoms with Gasteiger partial charge in [0.15, 0.2) is 0 Å². The van der Waals surface area contributed by atoms with Gasteiger partial charge in [-0.05, 0) is 12.8 Å². The van der Waals surface area contributed by atoms with Crippen molar-refractivity contribution < 1.29 is 0 Å². The fourth-order valence-electron chi connectivity index (χ4n) is 1.13. The molecule has 0 aromatic heterocycles. The first-order chi connectivity index (χ1) is 5.31. The Bertz CT molecular complexity index is 58.4. The quantitative estimate of drug-likeness (QED) is 0.456. The molecule has 0 nitrogen and oxygen atoms in total. The summed E-state index contributed by atoms with van der Waals surface area (Å²) in [5, 5.41) is 0. The molecule has 1 rings (SSSR count). The number of rotatable bonds is 0. The van der Waals surface area contributed by atoms with Crippen molar-refractivity contribution in [3.05, 3.63) is 12.7 Å². The molecule has 1 aliphatic rings. The van der Waals surface area contributed by atoms with E-state index in [1.54, 1.807) is 6.08 Å². The predicted molar refractivity (Wildman–Crippen MR) is 54.9 cm³/mol. The molecule has 0 unspecified atom stereocenters. The maximum absolute atomic E-state index is 3.36. The maximum Gasteiger partial charge on any atom is -0.0443 e. The molecule has 0 atom stereocenters. The second-order valence-corrected chi connectivity index (χ2v) is 2.80. The molecule has 0 bridgehead atoms. The molecular formula is C11H24. The van der Waals surface area contributed by atoms with Gasteiger partial charge in [-0.2, -0.15) is 0 Å². The average Bonchev–Trinajstić information content (AvgIpc) is 2.46. The van der Waals surface area contributed by atoms with Crippen molar-refractivity contribution in [1.29, 1.82) is 0 Å². The highest BCUT2D eigenvalue weighted by Crippen LogP contribution is 2.22. The molecule has 0 radical (unpaired) electrons. The van der Waals surface area contributed by atoms with Crippen LogP contribution in [0, 0.1) is 5.92 Å². The standard InChI is InChI=1S/C6H12.C3H6.C2H6/c1-6-4-2-3-5-6;1-3-2;1-2/h6H,2-5H2,1H3;3H,1H2,2H3;1-2H3. The van der Waals surface area contributed by atoms with E-state index in [-0.39, 0.29) is 0 Å². The lowest BCUT2D eigenvalue weighted by molar-refractivity contribution is 0.612. The fourth-order valence-corrected chi connectivity index (χ4v) is 1.13. The zero-order valence-electron chi connectivity index (χ0n) is 8.69. The Labute approximate surface area is 72.7 Å². The van der Waals surface area contributed by atoms with Crippen LogP contribution in [0.15, 0.2) is 12.7 Å². The third kappa shape index (κ3) is 12.8. The largest absolute Gasteiger partial charge is 0.103 e. The van der Waals surface area contributed by atoms with Crippen LogP contribution in [0.2, 0.25) is 0 Å². The average molecular weight is 156 g/mol. The molecule has 1 fully saturated rings. The highest BCUT2D eigenvalue weighted by Gasteiger charge is 2.07. The highest BCUT2D eigenvalue weighted by molar-refractivity contribution is 4.60. The van der Waals surface area contributed by atoms with Crippen LogP contribution < -0.4 is 0 Å². The first-order valence-corrected chi connectivity index (χ1v) is 4.88.